The average Bonchev–Trinajstić information content (AvgIpc) is 2.72. The third-order valence-corrected chi connectivity index (χ3v) is 4.39. The summed E-state index contributed by atoms with van der Waals surface area (Å²) in [6, 6.07) is 9.01. The molecule has 0 atom stereocenters. The first-order chi connectivity index (χ1) is 13.5. The minimum absolute atomic E-state index is 0. The van der Waals surface area contributed by atoms with E-state index in [1.807, 2.05) is 18.2 Å². The molecule has 0 saturated heterocycles. The highest BCUT2D eigenvalue weighted by molar-refractivity contribution is 14.0. The summed E-state index contributed by atoms with van der Waals surface area (Å²) in [5, 5.41) is 6.43. The fourth-order valence-electron chi connectivity index (χ4n) is 2.83. The maximum atomic E-state index is 13.7. The molecule has 160 valence electrons. The summed E-state index contributed by atoms with van der Waals surface area (Å²) in [5.74, 6) is 2.29. The zero-order valence-corrected chi connectivity index (χ0v) is 19.8. The highest BCUT2D eigenvalue weighted by atomic mass is 127. The Morgan fingerprint density at radius 1 is 1.00 bits per heavy atom. The number of rotatable bonds is 8. The molecule has 0 spiro atoms. The van der Waals surface area contributed by atoms with Gasteiger partial charge in [0.2, 0.25) is 5.75 Å². The van der Waals surface area contributed by atoms with Crippen molar-refractivity contribution >= 4 is 29.9 Å². The molecule has 0 radical (unpaired) electrons. The summed E-state index contributed by atoms with van der Waals surface area (Å²) >= 11 is 0. The number of aliphatic imine (C=N–C) groups is 1. The molecule has 2 aromatic carbocycles. The topological polar surface area (TPSA) is 64.1 Å². The van der Waals surface area contributed by atoms with E-state index in [1.54, 1.807) is 41.4 Å². The third kappa shape index (κ3) is 6.66. The molecule has 6 nitrogen and oxygen atoms in total. The number of ether oxygens (including phenoxy) is 3. The SMILES string of the molecule is CN=C(NCCc1ccc(OC)c(OC)c1OC)NCc1ccc(C)c(F)c1.I. The van der Waals surface area contributed by atoms with Crippen LogP contribution in [-0.2, 0) is 13.0 Å². The van der Waals surface area contributed by atoms with Crippen LogP contribution in [0.4, 0.5) is 4.39 Å². The molecule has 29 heavy (non-hydrogen) atoms. The lowest BCUT2D eigenvalue weighted by molar-refractivity contribution is 0.322. The van der Waals surface area contributed by atoms with Gasteiger partial charge in [-0.2, -0.15) is 0 Å². The predicted octanol–water partition coefficient (Wildman–Crippen LogP) is 3.69. The largest absolute Gasteiger partial charge is 0.493 e. The van der Waals surface area contributed by atoms with E-state index in [1.165, 1.54) is 6.07 Å². The Hall–Kier alpha value is -2.23. The summed E-state index contributed by atoms with van der Waals surface area (Å²) < 4.78 is 29.9. The second-order valence-electron chi connectivity index (χ2n) is 6.18. The average molecular weight is 517 g/mol. The second-order valence-corrected chi connectivity index (χ2v) is 6.18. The van der Waals surface area contributed by atoms with Crippen LogP contribution in [0.15, 0.2) is 35.3 Å². The molecule has 0 aromatic heterocycles. The van der Waals surface area contributed by atoms with E-state index in [4.69, 9.17) is 14.2 Å². The lowest BCUT2D eigenvalue weighted by Gasteiger charge is -2.16. The Bertz CT molecular complexity index is 831. The fraction of sp³-hybridized carbons (Fsp3) is 0.381. The first-order valence-corrected chi connectivity index (χ1v) is 9.01. The Balaban J connectivity index is 0.00000420. The van der Waals surface area contributed by atoms with Crippen LogP contribution in [-0.4, -0.2) is 40.9 Å². The fourth-order valence-corrected chi connectivity index (χ4v) is 2.83. The smallest absolute Gasteiger partial charge is 0.203 e. The number of benzene rings is 2. The van der Waals surface area contributed by atoms with E-state index >= 15 is 0 Å². The van der Waals surface area contributed by atoms with Crippen LogP contribution in [0.1, 0.15) is 16.7 Å². The van der Waals surface area contributed by atoms with E-state index in [0.717, 1.165) is 11.1 Å². The van der Waals surface area contributed by atoms with Crippen LogP contribution in [0.2, 0.25) is 0 Å². The monoisotopic (exact) mass is 517 g/mol. The van der Waals surface area contributed by atoms with Crippen LogP contribution in [0, 0.1) is 12.7 Å². The highest BCUT2D eigenvalue weighted by Gasteiger charge is 2.15. The number of halogens is 2. The zero-order valence-electron chi connectivity index (χ0n) is 17.5. The molecular weight excluding hydrogens is 488 g/mol. The Morgan fingerprint density at radius 2 is 1.72 bits per heavy atom. The highest BCUT2D eigenvalue weighted by Crippen LogP contribution is 2.39. The van der Waals surface area contributed by atoms with Crippen molar-refractivity contribution in [3.63, 3.8) is 0 Å². The van der Waals surface area contributed by atoms with Crippen LogP contribution in [0.3, 0.4) is 0 Å². The van der Waals surface area contributed by atoms with Crippen molar-refractivity contribution < 1.29 is 18.6 Å². The number of hydrogen-bond acceptors (Lipinski definition) is 4. The zero-order chi connectivity index (χ0) is 20.5. The molecule has 0 saturated carbocycles. The molecular formula is C21H29FIN3O3. The lowest BCUT2D eigenvalue weighted by atomic mass is 10.1. The number of nitrogens with one attached hydrogen (secondary N) is 2. The minimum atomic E-state index is -0.206. The summed E-state index contributed by atoms with van der Waals surface area (Å²) in [5.41, 5.74) is 2.48. The number of aryl methyl sites for hydroxylation is 1. The molecule has 2 rings (SSSR count). The normalized spacial score (nSPS) is 10.8. The predicted molar refractivity (Wildman–Crippen MR) is 125 cm³/mol. The molecule has 0 heterocycles. The molecule has 0 aliphatic rings. The molecule has 2 N–H and O–H groups in total. The van der Waals surface area contributed by atoms with Gasteiger partial charge in [-0.3, -0.25) is 4.99 Å². The van der Waals surface area contributed by atoms with Gasteiger partial charge >= 0.3 is 0 Å². The van der Waals surface area contributed by atoms with Gasteiger partial charge in [-0.15, -0.1) is 24.0 Å². The standard InChI is InChI=1S/C21H28FN3O3.HI/c1-14-6-7-15(12-17(14)22)13-25-21(23-2)24-11-10-16-8-9-18(26-3)20(28-5)19(16)27-4;/h6-9,12H,10-11,13H2,1-5H3,(H2,23,24,25);1H. The van der Waals surface area contributed by atoms with Crippen molar-refractivity contribution in [2.45, 2.75) is 19.9 Å². The second kappa shape index (κ2) is 12.4. The molecule has 2 aromatic rings. The van der Waals surface area contributed by atoms with E-state index in [2.05, 4.69) is 15.6 Å². The molecule has 8 heteroatoms. The van der Waals surface area contributed by atoms with Crippen molar-refractivity contribution in [2.75, 3.05) is 34.9 Å². The summed E-state index contributed by atoms with van der Waals surface area (Å²) in [7, 11) is 6.48. The van der Waals surface area contributed by atoms with E-state index in [0.29, 0.717) is 48.3 Å². The van der Waals surface area contributed by atoms with E-state index in [9.17, 15) is 4.39 Å². The number of guanidine groups is 1. The van der Waals surface area contributed by atoms with Crippen LogP contribution in [0.25, 0.3) is 0 Å². The van der Waals surface area contributed by atoms with Gasteiger partial charge in [0, 0.05) is 25.7 Å². The van der Waals surface area contributed by atoms with E-state index in [-0.39, 0.29) is 29.8 Å². The Kier molecular flexibility index (Phi) is 10.6. The van der Waals surface area contributed by atoms with Gasteiger partial charge in [0.1, 0.15) is 5.82 Å². The maximum Gasteiger partial charge on any atom is 0.203 e. The number of hydrogen-bond donors (Lipinski definition) is 2. The minimum Gasteiger partial charge on any atom is -0.493 e. The molecule has 0 aliphatic heterocycles. The molecule has 0 aliphatic carbocycles. The number of nitrogens with zero attached hydrogens (tertiary/aromatic N) is 1. The van der Waals surface area contributed by atoms with Crippen LogP contribution in [0.5, 0.6) is 17.2 Å². The number of methoxy groups -OCH3 is 3. The summed E-state index contributed by atoms with van der Waals surface area (Å²) in [4.78, 5) is 4.20. The molecule has 0 fully saturated rings. The van der Waals surface area contributed by atoms with Gasteiger partial charge in [-0.1, -0.05) is 18.2 Å². The van der Waals surface area contributed by atoms with Crippen molar-refractivity contribution in [3.8, 4) is 17.2 Å². The molecule has 0 amide bonds. The Morgan fingerprint density at radius 3 is 2.31 bits per heavy atom. The van der Waals surface area contributed by atoms with Gasteiger partial charge in [0.25, 0.3) is 0 Å². The Labute approximate surface area is 188 Å². The lowest BCUT2D eigenvalue weighted by Crippen LogP contribution is -2.37. The van der Waals surface area contributed by atoms with Crippen LogP contribution < -0.4 is 24.8 Å². The van der Waals surface area contributed by atoms with Gasteiger partial charge < -0.3 is 24.8 Å². The van der Waals surface area contributed by atoms with Gasteiger partial charge in [-0.25, -0.2) is 4.39 Å². The van der Waals surface area contributed by atoms with Gasteiger partial charge in [0.05, 0.1) is 21.3 Å². The molecule has 0 bridgehead atoms. The first-order valence-electron chi connectivity index (χ1n) is 9.01. The van der Waals surface area contributed by atoms with Crippen molar-refractivity contribution in [2.24, 2.45) is 4.99 Å². The van der Waals surface area contributed by atoms with Crippen molar-refractivity contribution in [3.05, 3.63) is 52.8 Å². The van der Waals surface area contributed by atoms with Gasteiger partial charge in [-0.05, 0) is 36.6 Å². The van der Waals surface area contributed by atoms with Gasteiger partial charge in [0.15, 0.2) is 17.5 Å². The maximum absolute atomic E-state index is 13.7. The summed E-state index contributed by atoms with van der Waals surface area (Å²) in [6.07, 6.45) is 0.698. The first kappa shape index (κ1) is 24.8. The van der Waals surface area contributed by atoms with Crippen molar-refractivity contribution in [1.82, 2.24) is 10.6 Å². The van der Waals surface area contributed by atoms with Crippen molar-refractivity contribution in [1.29, 1.82) is 0 Å². The van der Waals surface area contributed by atoms with E-state index < -0.39 is 0 Å². The van der Waals surface area contributed by atoms with Crippen LogP contribution >= 0.6 is 24.0 Å². The summed E-state index contributed by atoms with van der Waals surface area (Å²) in [6.45, 7) is 2.86. The quantitative estimate of drug-likeness (QED) is 0.318. The third-order valence-electron chi connectivity index (χ3n) is 4.39. The molecule has 0 unspecified atom stereocenters.